The highest BCUT2D eigenvalue weighted by Crippen LogP contribution is 2.42. The molecule has 1 aromatic heterocycles. The Bertz CT molecular complexity index is 724. The van der Waals surface area contributed by atoms with E-state index >= 15 is 4.39 Å². The quantitative estimate of drug-likeness (QED) is 0.780. The van der Waals surface area contributed by atoms with Crippen LogP contribution in [0.4, 0.5) is 4.39 Å². The van der Waals surface area contributed by atoms with Crippen LogP contribution in [0.1, 0.15) is 33.9 Å². The Balaban J connectivity index is 2.37. The Hall–Kier alpha value is -1.29. The zero-order valence-corrected chi connectivity index (χ0v) is 16.4. The summed E-state index contributed by atoms with van der Waals surface area (Å²) in [5.41, 5.74) is -1.34. The maximum absolute atomic E-state index is 15.2. The number of rotatable bonds is 4. The van der Waals surface area contributed by atoms with Gasteiger partial charge in [0.25, 0.3) is 5.56 Å². The number of aliphatic hydroxyl groups is 1. The van der Waals surface area contributed by atoms with Gasteiger partial charge in [0.1, 0.15) is 12.2 Å². The minimum Gasteiger partial charge on any atom is -0.408 e. The molecule has 1 saturated heterocycles. The molecular weight excluding hydrogens is 347 g/mol. The van der Waals surface area contributed by atoms with Crippen LogP contribution in [0.25, 0.3) is 0 Å². The van der Waals surface area contributed by atoms with E-state index in [-0.39, 0.29) is 5.04 Å². The van der Waals surface area contributed by atoms with Crippen LogP contribution in [-0.2, 0) is 9.16 Å². The molecule has 9 heteroatoms. The zero-order valence-electron chi connectivity index (χ0n) is 15.4. The van der Waals surface area contributed by atoms with Crippen LogP contribution in [0.15, 0.2) is 21.9 Å². The summed E-state index contributed by atoms with van der Waals surface area (Å²) in [5.74, 6) is 0. The molecule has 25 heavy (non-hydrogen) atoms. The average molecular weight is 374 g/mol. The predicted octanol–water partition coefficient (Wildman–Crippen LogP) is 1.54. The van der Waals surface area contributed by atoms with Gasteiger partial charge in [-0.1, -0.05) is 20.8 Å². The van der Waals surface area contributed by atoms with Crippen LogP contribution in [0.3, 0.4) is 0 Å². The lowest BCUT2D eigenvalue weighted by Gasteiger charge is -2.40. The minimum absolute atomic E-state index is 0.150. The third-order valence-electron chi connectivity index (χ3n) is 5.04. The first kappa shape index (κ1) is 20.0. The van der Waals surface area contributed by atoms with Gasteiger partial charge in [-0.3, -0.25) is 14.3 Å². The maximum Gasteiger partial charge on any atom is 0.330 e. The smallest absolute Gasteiger partial charge is 0.330 e. The van der Waals surface area contributed by atoms with E-state index in [0.29, 0.717) is 0 Å². The van der Waals surface area contributed by atoms with Crippen molar-refractivity contribution in [3.05, 3.63) is 33.1 Å². The molecule has 1 aliphatic heterocycles. The van der Waals surface area contributed by atoms with Crippen molar-refractivity contribution in [3.8, 4) is 0 Å². The van der Waals surface area contributed by atoms with E-state index in [2.05, 4.69) is 4.98 Å². The number of H-pyrrole nitrogens is 1. The lowest BCUT2D eigenvalue weighted by Crippen LogP contribution is -2.50. The van der Waals surface area contributed by atoms with Crippen LogP contribution in [0.2, 0.25) is 18.1 Å². The van der Waals surface area contributed by atoms with Gasteiger partial charge in [-0.2, -0.15) is 0 Å². The maximum atomic E-state index is 15.2. The summed E-state index contributed by atoms with van der Waals surface area (Å²) in [7, 11) is -2.33. The van der Waals surface area contributed by atoms with Crippen LogP contribution >= 0.6 is 0 Å². The van der Waals surface area contributed by atoms with E-state index in [1.807, 2.05) is 33.9 Å². The number of aliphatic hydroxyl groups excluding tert-OH is 1. The normalized spacial score (nSPS) is 29.0. The van der Waals surface area contributed by atoms with Crippen molar-refractivity contribution < 1.29 is 18.7 Å². The van der Waals surface area contributed by atoms with Gasteiger partial charge in [0.15, 0.2) is 20.7 Å². The van der Waals surface area contributed by atoms with E-state index in [4.69, 9.17) is 9.16 Å². The largest absolute Gasteiger partial charge is 0.408 e. The number of nitrogens with zero attached hydrogens (tertiary/aromatic N) is 1. The van der Waals surface area contributed by atoms with Crippen LogP contribution in [-0.4, -0.2) is 47.5 Å². The Morgan fingerprint density at radius 3 is 2.48 bits per heavy atom. The number of hydrogen-bond acceptors (Lipinski definition) is 5. The molecule has 0 spiro atoms. The standard InChI is InChI=1S/C16H27FN2O5Si/c1-9(20)12-13(24-25(5,6)16(2,3)4)11(17)14(23-12)19-8-7-10(21)18-15(19)22/h7-9,11-14,20H,1-6H3,(H,18,21,22)/t9-,11+,12?,13+,14+/m0/s1. The van der Waals surface area contributed by atoms with Crippen molar-refractivity contribution in [3.63, 3.8) is 0 Å². The lowest BCUT2D eigenvalue weighted by molar-refractivity contribution is -0.0768. The molecule has 0 amide bonds. The van der Waals surface area contributed by atoms with E-state index in [1.165, 1.54) is 13.1 Å². The van der Waals surface area contributed by atoms with Gasteiger partial charge in [-0.25, -0.2) is 9.18 Å². The highest BCUT2D eigenvalue weighted by molar-refractivity contribution is 6.74. The molecule has 0 aromatic carbocycles. The summed E-state index contributed by atoms with van der Waals surface area (Å²) in [6.07, 6.45) is -4.61. The Labute approximate surface area is 146 Å². The minimum atomic E-state index is -2.33. The third kappa shape index (κ3) is 3.94. The van der Waals surface area contributed by atoms with Crippen LogP contribution in [0, 0.1) is 0 Å². The van der Waals surface area contributed by atoms with Crippen molar-refractivity contribution in [2.75, 3.05) is 0 Å². The summed E-state index contributed by atoms with van der Waals surface area (Å²) in [6, 6.07) is 1.12. The number of hydrogen-bond donors (Lipinski definition) is 2. The second kappa shape index (κ2) is 6.79. The molecule has 0 saturated carbocycles. The first-order chi connectivity index (χ1) is 11.3. The van der Waals surface area contributed by atoms with Crippen molar-refractivity contribution >= 4 is 8.32 Å². The molecule has 0 radical (unpaired) electrons. The third-order valence-corrected chi connectivity index (χ3v) is 9.52. The Morgan fingerprint density at radius 2 is 2.00 bits per heavy atom. The zero-order chi connectivity index (χ0) is 19.2. The van der Waals surface area contributed by atoms with Gasteiger partial charge in [0.05, 0.1) is 6.10 Å². The number of halogens is 1. The van der Waals surface area contributed by atoms with Gasteiger partial charge in [-0.05, 0) is 25.1 Å². The average Bonchev–Trinajstić information content (AvgIpc) is 2.75. The van der Waals surface area contributed by atoms with E-state index < -0.39 is 50.3 Å². The SMILES string of the molecule is C[C@H](O)C1O[C@@H](n2ccc(=O)[nH]c2=O)[C@H](F)[C@H]1O[Si](C)(C)C(C)(C)C. The van der Waals surface area contributed by atoms with E-state index in [0.717, 1.165) is 10.6 Å². The van der Waals surface area contributed by atoms with E-state index in [1.54, 1.807) is 0 Å². The summed E-state index contributed by atoms with van der Waals surface area (Å²) >= 11 is 0. The van der Waals surface area contributed by atoms with Gasteiger partial charge in [0, 0.05) is 12.3 Å². The lowest BCUT2D eigenvalue weighted by atomic mass is 10.1. The molecule has 142 valence electrons. The molecule has 2 heterocycles. The molecular formula is C16H27FN2O5Si. The van der Waals surface area contributed by atoms with Gasteiger partial charge in [0.2, 0.25) is 0 Å². The molecule has 7 nitrogen and oxygen atoms in total. The topological polar surface area (TPSA) is 93.5 Å². The molecule has 0 bridgehead atoms. The second-order valence-corrected chi connectivity index (χ2v) is 12.8. The summed E-state index contributed by atoms with van der Waals surface area (Å²) in [6.45, 7) is 11.6. The predicted molar refractivity (Wildman–Crippen MR) is 93.9 cm³/mol. The van der Waals surface area contributed by atoms with Crippen LogP contribution < -0.4 is 11.2 Å². The monoisotopic (exact) mass is 374 g/mol. The first-order valence-electron chi connectivity index (χ1n) is 8.32. The number of nitrogens with one attached hydrogen (secondary N) is 1. The number of aromatic amines is 1. The van der Waals surface area contributed by atoms with Crippen LogP contribution in [0.5, 0.6) is 0 Å². The molecule has 5 atom stereocenters. The highest BCUT2D eigenvalue weighted by Gasteiger charge is 2.52. The van der Waals surface area contributed by atoms with Gasteiger partial charge in [-0.15, -0.1) is 0 Å². The number of aromatic nitrogens is 2. The van der Waals surface area contributed by atoms with Crippen molar-refractivity contribution in [1.29, 1.82) is 0 Å². The number of ether oxygens (including phenoxy) is 1. The summed E-state index contributed by atoms with van der Waals surface area (Å²) in [5, 5.41) is 9.87. The van der Waals surface area contributed by atoms with Gasteiger partial charge >= 0.3 is 5.69 Å². The Kier molecular flexibility index (Phi) is 5.44. The molecule has 2 N–H and O–H groups in total. The Morgan fingerprint density at radius 1 is 1.40 bits per heavy atom. The number of alkyl halides is 1. The molecule has 1 unspecified atom stereocenters. The fourth-order valence-corrected chi connectivity index (χ4v) is 3.84. The molecule has 1 aromatic rings. The summed E-state index contributed by atoms with van der Waals surface area (Å²) < 4.78 is 27.9. The highest BCUT2D eigenvalue weighted by atomic mass is 28.4. The van der Waals surface area contributed by atoms with Gasteiger partial charge < -0.3 is 14.3 Å². The fourth-order valence-electron chi connectivity index (χ4n) is 2.54. The van der Waals surface area contributed by atoms with Crippen molar-refractivity contribution in [1.82, 2.24) is 9.55 Å². The fraction of sp³-hybridized carbons (Fsp3) is 0.750. The van der Waals surface area contributed by atoms with E-state index in [9.17, 15) is 14.7 Å². The molecule has 0 aliphatic carbocycles. The second-order valence-electron chi connectivity index (χ2n) is 8.04. The van der Waals surface area contributed by atoms with Crippen molar-refractivity contribution in [2.45, 2.75) is 76.5 Å². The molecule has 1 fully saturated rings. The summed E-state index contributed by atoms with van der Waals surface area (Å²) in [4.78, 5) is 25.3. The first-order valence-corrected chi connectivity index (χ1v) is 11.2. The molecule has 2 rings (SSSR count). The van der Waals surface area contributed by atoms with Crippen molar-refractivity contribution in [2.24, 2.45) is 0 Å². The molecule has 1 aliphatic rings.